The summed E-state index contributed by atoms with van der Waals surface area (Å²) in [5.41, 5.74) is 3.15. The summed E-state index contributed by atoms with van der Waals surface area (Å²) < 4.78 is 12.2. The zero-order chi connectivity index (χ0) is 25.4. The van der Waals surface area contributed by atoms with Gasteiger partial charge in [0, 0.05) is 31.6 Å². The molecule has 1 aliphatic carbocycles. The summed E-state index contributed by atoms with van der Waals surface area (Å²) in [5, 5.41) is 16.8. The normalized spacial score (nSPS) is 31.1. The lowest BCUT2D eigenvalue weighted by Crippen LogP contribution is -2.52. The van der Waals surface area contributed by atoms with Gasteiger partial charge in [0.1, 0.15) is 11.9 Å². The number of nitrogens with one attached hydrogen (secondary N) is 2. The zero-order valence-electron chi connectivity index (χ0n) is 21.0. The monoisotopic (exact) mass is 505 g/mol. The van der Waals surface area contributed by atoms with Gasteiger partial charge >= 0.3 is 0 Å². The van der Waals surface area contributed by atoms with Gasteiger partial charge in [0.25, 0.3) is 5.91 Å². The lowest BCUT2D eigenvalue weighted by atomic mass is 9.99. The molecule has 3 heterocycles. The third kappa shape index (κ3) is 5.10. The molecule has 2 aromatic rings. The maximum absolute atomic E-state index is 13.5. The number of benzene rings is 2. The van der Waals surface area contributed by atoms with Crippen molar-refractivity contribution >= 4 is 11.8 Å². The first-order valence-corrected chi connectivity index (χ1v) is 13.5. The molecule has 0 spiro atoms. The first-order chi connectivity index (χ1) is 18.0. The van der Waals surface area contributed by atoms with Crippen molar-refractivity contribution in [3.63, 3.8) is 0 Å². The summed E-state index contributed by atoms with van der Waals surface area (Å²) in [6.45, 7) is 1.29. The maximum Gasteiger partial charge on any atom is 0.255 e. The van der Waals surface area contributed by atoms with E-state index in [0.717, 1.165) is 19.3 Å². The first kappa shape index (κ1) is 24.4. The second kappa shape index (κ2) is 10.4. The van der Waals surface area contributed by atoms with Crippen LogP contribution >= 0.6 is 0 Å². The SMILES string of the molecule is O=C1N[C@H]2C[C@@H](C(=O)NC[C@H]3O[C@H](CCOc4ccccc41)CC[C@@H]3O)N(C1Cc3ccccc3C1)C2. The quantitative estimate of drug-likeness (QED) is 0.547. The van der Waals surface area contributed by atoms with Crippen molar-refractivity contribution in [2.75, 3.05) is 19.7 Å². The van der Waals surface area contributed by atoms with Crippen LogP contribution in [0.1, 0.15) is 47.2 Å². The number of likely N-dealkylation sites (tertiary alicyclic amines) is 1. The van der Waals surface area contributed by atoms with Crippen molar-refractivity contribution in [2.24, 2.45) is 0 Å². The average molecular weight is 506 g/mol. The summed E-state index contributed by atoms with van der Waals surface area (Å²) in [5.74, 6) is 0.303. The second-order valence-electron chi connectivity index (χ2n) is 10.8. The van der Waals surface area contributed by atoms with Crippen LogP contribution in [0, 0.1) is 0 Å². The standard InChI is InChI=1S/C29H35N3O5/c33-25-10-9-22-11-12-36-26-8-4-3-7-23(26)28(34)31-20-15-24(29(35)30-16-27(25)37-22)32(17-20)21-13-18-5-1-2-6-19(18)14-21/h1-8,20-22,24-25,27,33H,9-17H2,(H,30,35)(H,31,34)/t20-,22-,24-,25-,27+/m0/s1. The highest BCUT2D eigenvalue weighted by molar-refractivity contribution is 5.97. The maximum atomic E-state index is 13.5. The van der Waals surface area contributed by atoms with Gasteiger partial charge in [0.05, 0.1) is 30.4 Å². The topological polar surface area (TPSA) is 100 Å². The van der Waals surface area contributed by atoms with Gasteiger partial charge in [-0.25, -0.2) is 0 Å². The van der Waals surface area contributed by atoms with Crippen molar-refractivity contribution in [1.29, 1.82) is 0 Å². The number of para-hydroxylation sites is 1. The third-order valence-electron chi connectivity index (χ3n) is 8.36. The van der Waals surface area contributed by atoms with Crippen molar-refractivity contribution < 1.29 is 24.2 Å². The third-order valence-corrected chi connectivity index (χ3v) is 8.36. The fraction of sp³-hybridized carbons (Fsp3) is 0.517. The number of hydrogen-bond acceptors (Lipinski definition) is 6. The molecule has 3 aliphatic heterocycles. The van der Waals surface area contributed by atoms with E-state index in [9.17, 15) is 14.7 Å². The summed E-state index contributed by atoms with van der Waals surface area (Å²) in [4.78, 5) is 29.1. The van der Waals surface area contributed by atoms with Crippen molar-refractivity contribution in [3.05, 3.63) is 65.2 Å². The van der Waals surface area contributed by atoms with E-state index in [0.29, 0.717) is 43.7 Å². The molecule has 0 aromatic heterocycles. The van der Waals surface area contributed by atoms with Crippen LogP contribution in [0.25, 0.3) is 0 Å². The van der Waals surface area contributed by atoms with E-state index in [-0.39, 0.29) is 42.6 Å². The Bertz CT molecular complexity index is 1130. The number of fused-ring (bicyclic) bond motifs is 6. The highest BCUT2D eigenvalue weighted by Gasteiger charge is 2.43. The average Bonchev–Trinajstić information content (AvgIpc) is 3.52. The zero-order valence-corrected chi connectivity index (χ0v) is 21.0. The van der Waals surface area contributed by atoms with E-state index in [1.807, 2.05) is 18.2 Å². The largest absolute Gasteiger partial charge is 0.493 e. The fourth-order valence-electron chi connectivity index (χ4n) is 6.40. The van der Waals surface area contributed by atoms with E-state index in [4.69, 9.17) is 9.47 Å². The summed E-state index contributed by atoms with van der Waals surface area (Å²) in [6.07, 6.45) is 3.21. The number of rotatable bonds is 1. The van der Waals surface area contributed by atoms with Gasteiger partial charge in [-0.2, -0.15) is 0 Å². The van der Waals surface area contributed by atoms with E-state index < -0.39 is 12.2 Å². The van der Waals surface area contributed by atoms with E-state index in [1.165, 1.54) is 11.1 Å². The minimum absolute atomic E-state index is 0.0662. The predicted molar refractivity (Wildman–Crippen MR) is 137 cm³/mol. The number of carbonyl (C=O) groups excluding carboxylic acids is 2. The van der Waals surface area contributed by atoms with Crippen LogP contribution < -0.4 is 15.4 Å². The number of carbonyl (C=O) groups is 2. The van der Waals surface area contributed by atoms with Crippen LogP contribution in [0.2, 0.25) is 0 Å². The Morgan fingerprint density at radius 1 is 0.946 bits per heavy atom. The number of aliphatic hydroxyl groups is 1. The minimum atomic E-state index is -0.604. The molecule has 2 aromatic carbocycles. The van der Waals surface area contributed by atoms with E-state index >= 15 is 0 Å². The van der Waals surface area contributed by atoms with Gasteiger partial charge in [0.15, 0.2) is 0 Å². The second-order valence-corrected chi connectivity index (χ2v) is 10.8. The molecule has 2 amide bonds. The Labute approximate surface area is 217 Å². The molecular formula is C29H35N3O5. The number of nitrogens with zero attached hydrogens (tertiary/aromatic N) is 1. The van der Waals surface area contributed by atoms with E-state index in [2.05, 4.69) is 39.8 Å². The summed E-state index contributed by atoms with van der Waals surface area (Å²) in [6, 6.07) is 15.4. The van der Waals surface area contributed by atoms with Gasteiger partial charge in [-0.05, 0) is 55.4 Å². The van der Waals surface area contributed by atoms with Crippen molar-refractivity contribution in [1.82, 2.24) is 15.5 Å². The Balaban J connectivity index is 1.26. The molecule has 0 radical (unpaired) electrons. The number of hydrogen-bond donors (Lipinski definition) is 3. The molecule has 196 valence electrons. The van der Waals surface area contributed by atoms with Gasteiger partial charge in [-0.1, -0.05) is 36.4 Å². The smallest absolute Gasteiger partial charge is 0.255 e. The summed E-state index contributed by atoms with van der Waals surface area (Å²) >= 11 is 0. The fourth-order valence-corrected chi connectivity index (χ4v) is 6.40. The highest BCUT2D eigenvalue weighted by Crippen LogP contribution is 2.32. The van der Waals surface area contributed by atoms with Crippen LogP contribution in [0.15, 0.2) is 48.5 Å². The molecule has 5 atom stereocenters. The molecule has 2 saturated heterocycles. The number of amides is 2. The Morgan fingerprint density at radius 2 is 1.70 bits per heavy atom. The molecule has 4 aliphatic rings. The van der Waals surface area contributed by atoms with Crippen LogP contribution in [-0.2, 0) is 22.4 Å². The molecule has 37 heavy (non-hydrogen) atoms. The molecule has 8 nitrogen and oxygen atoms in total. The molecule has 6 rings (SSSR count). The molecular weight excluding hydrogens is 470 g/mol. The van der Waals surface area contributed by atoms with Gasteiger partial charge in [0.2, 0.25) is 5.91 Å². The Hall–Kier alpha value is -2.94. The van der Waals surface area contributed by atoms with Crippen LogP contribution in [-0.4, -0.2) is 78.0 Å². The first-order valence-electron chi connectivity index (χ1n) is 13.5. The van der Waals surface area contributed by atoms with E-state index in [1.54, 1.807) is 6.07 Å². The van der Waals surface area contributed by atoms with Crippen molar-refractivity contribution in [3.8, 4) is 5.75 Å². The number of aliphatic hydroxyl groups excluding tert-OH is 1. The molecule has 2 fully saturated rings. The summed E-state index contributed by atoms with van der Waals surface area (Å²) in [7, 11) is 0. The molecule has 0 unspecified atom stereocenters. The highest BCUT2D eigenvalue weighted by atomic mass is 16.5. The van der Waals surface area contributed by atoms with Crippen LogP contribution in [0.4, 0.5) is 0 Å². The molecule has 8 heteroatoms. The predicted octanol–water partition coefficient (Wildman–Crippen LogP) is 1.83. The minimum Gasteiger partial charge on any atom is -0.493 e. The van der Waals surface area contributed by atoms with Crippen LogP contribution in [0.5, 0.6) is 5.75 Å². The molecule has 0 saturated carbocycles. The van der Waals surface area contributed by atoms with Crippen molar-refractivity contribution in [2.45, 2.75) is 75.0 Å². The molecule has 3 N–H and O–H groups in total. The Kier molecular flexibility index (Phi) is 6.88. The van der Waals surface area contributed by atoms with Gasteiger partial charge in [-0.3, -0.25) is 14.5 Å². The number of ether oxygens (including phenoxy) is 2. The Morgan fingerprint density at radius 3 is 2.51 bits per heavy atom. The lowest BCUT2D eigenvalue weighted by molar-refractivity contribution is -0.134. The van der Waals surface area contributed by atoms with Gasteiger partial charge in [-0.15, -0.1) is 0 Å². The van der Waals surface area contributed by atoms with Gasteiger partial charge < -0.3 is 25.2 Å². The van der Waals surface area contributed by atoms with Crippen LogP contribution in [0.3, 0.4) is 0 Å². The molecule has 4 bridgehead atoms. The lowest BCUT2D eigenvalue weighted by Gasteiger charge is -2.35.